The summed E-state index contributed by atoms with van der Waals surface area (Å²) in [6.07, 6.45) is 3.29. The molecule has 5 rings (SSSR count). The van der Waals surface area contributed by atoms with Gasteiger partial charge in [0.2, 0.25) is 0 Å². The van der Waals surface area contributed by atoms with E-state index in [0.717, 1.165) is 0 Å². The summed E-state index contributed by atoms with van der Waals surface area (Å²) < 4.78 is 5.58. The fraction of sp³-hybridized carbons (Fsp3) is 0.304. The molecule has 8 nitrogen and oxygen atoms in total. The Morgan fingerprint density at radius 3 is 2.59 bits per heavy atom. The average Bonchev–Trinajstić information content (AvgIpc) is 3.00. The number of carbonyl (C=O) groups is 4. The van der Waals surface area contributed by atoms with Gasteiger partial charge in [-0.15, -0.1) is 0 Å². The number of Topliss-reactive ketones (excluding diaryl/α,β-unsaturated/α-hetero) is 1. The Balaban J connectivity index is 1.77. The molecule has 1 aromatic rings. The number of phenols is 1. The van der Waals surface area contributed by atoms with Crippen molar-refractivity contribution in [3.63, 3.8) is 0 Å². The van der Waals surface area contributed by atoms with Crippen LogP contribution in [-0.4, -0.2) is 45.9 Å². The summed E-state index contributed by atoms with van der Waals surface area (Å²) in [5.74, 6) is -4.93. The number of amides is 2. The number of carbonyl (C=O) groups excluding carboxylic acids is 4. The maximum atomic E-state index is 13.1. The zero-order valence-corrected chi connectivity index (χ0v) is 18.5. The van der Waals surface area contributed by atoms with Gasteiger partial charge in [-0.25, -0.2) is 0 Å². The van der Waals surface area contributed by atoms with Gasteiger partial charge in [0.15, 0.2) is 11.6 Å². The minimum Gasteiger partial charge on any atom is -0.507 e. The topological polar surface area (TPSA) is 121 Å². The quantitative estimate of drug-likeness (QED) is 0.277. The molecule has 164 valence electrons. The maximum Gasteiger partial charge on any atom is 0.257 e. The monoisotopic (exact) mass is 499 g/mol. The number of hydrogen-bond acceptors (Lipinski definition) is 7. The van der Waals surface area contributed by atoms with E-state index in [2.05, 4.69) is 15.9 Å². The zero-order valence-electron chi connectivity index (χ0n) is 16.9. The first-order valence-electron chi connectivity index (χ1n) is 10.1. The fourth-order valence-electron chi connectivity index (χ4n) is 5.52. The van der Waals surface area contributed by atoms with E-state index < -0.39 is 35.5 Å². The fourth-order valence-corrected chi connectivity index (χ4v) is 5.97. The first-order chi connectivity index (χ1) is 15.3. The molecule has 9 heteroatoms. The number of imide groups is 1. The van der Waals surface area contributed by atoms with E-state index in [0.29, 0.717) is 16.9 Å². The van der Waals surface area contributed by atoms with Crippen molar-refractivity contribution in [2.45, 2.75) is 18.8 Å². The van der Waals surface area contributed by atoms with Crippen LogP contribution in [0, 0.1) is 17.8 Å². The first kappa shape index (κ1) is 20.8. The van der Waals surface area contributed by atoms with E-state index in [1.807, 2.05) is 0 Å². The van der Waals surface area contributed by atoms with Crippen LogP contribution in [-0.2, 0) is 19.2 Å². The molecule has 32 heavy (non-hydrogen) atoms. The van der Waals surface area contributed by atoms with E-state index in [4.69, 9.17) is 4.74 Å². The highest BCUT2D eigenvalue weighted by Gasteiger charge is 2.56. The summed E-state index contributed by atoms with van der Waals surface area (Å²) in [6.45, 7) is 0. The number of halogens is 1. The second-order valence-electron chi connectivity index (χ2n) is 8.27. The van der Waals surface area contributed by atoms with E-state index in [9.17, 15) is 29.5 Å². The number of ketones is 2. The van der Waals surface area contributed by atoms with Crippen LogP contribution in [0.3, 0.4) is 0 Å². The number of benzene rings is 1. The lowest BCUT2D eigenvalue weighted by Crippen LogP contribution is -2.39. The van der Waals surface area contributed by atoms with Crippen LogP contribution < -0.4 is 4.74 Å². The number of aromatic hydroxyl groups is 1. The van der Waals surface area contributed by atoms with Crippen molar-refractivity contribution in [2.75, 3.05) is 7.11 Å². The molecule has 0 spiro atoms. The molecule has 4 unspecified atom stereocenters. The highest BCUT2D eigenvalue weighted by atomic mass is 79.9. The lowest BCUT2D eigenvalue weighted by atomic mass is 9.59. The first-order valence-corrected chi connectivity index (χ1v) is 10.9. The van der Waals surface area contributed by atoms with Crippen molar-refractivity contribution < 1.29 is 34.2 Å². The predicted molar refractivity (Wildman–Crippen MR) is 113 cm³/mol. The van der Waals surface area contributed by atoms with Gasteiger partial charge < -0.3 is 9.84 Å². The number of nitrogens with zero attached hydrogens (tertiary/aromatic N) is 1. The van der Waals surface area contributed by atoms with Gasteiger partial charge >= 0.3 is 0 Å². The Kier molecular flexibility index (Phi) is 4.72. The minimum atomic E-state index is -0.853. The Morgan fingerprint density at radius 1 is 1.12 bits per heavy atom. The molecular weight excluding hydrogens is 482 g/mol. The second-order valence-corrected chi connectivity index (χ2v) is 9.13. The van der Waals surface area contributed by atoms with Crippen molar-refractivity contribution in [3.8, 4) is 11.5 Å². The van der Waals surface area contributed by atoms with Crippen LogP contribution in [0.1, 0.15) is 24.3 Å². The van der Waals surface area contributed by atoms with Crippen LogP contribution in [0.15, 0.2) is 51.6 Å². The van der Waals surface area contributed by atoms with E-state index in [-0.39, 0.29) is 50.8 Å². The second kappa shape index (κ2) is 7.25. The zero-order chi connectivity index (χ0) is 22.9. The largest absolute Gasteiger partial charge is 0.507 e. The van der Waals surface area contributed by atoms with E-state index in [1.54, 1.807) is 18.2 Å². The Bertz CT molecular complexity index is 1210. The van der Waals surface area contributed by atoms with Crippen LogP contribution in [0.2, 0.25) is 0 Å². The van der Waals surface area contributed by atoms with Gasteiger partial charge in [0.1, 0.15) is 11.5 Å². The molecular formula is C23H18BrNO7. The van der Waals surface area contributed by atoms with Crippen LogP contribution in [0.5, 0.6) is 11.5 Å². The lowest BCUT2D eigenvalue weighted by Gasteiger charge is -2.42. The van der Waals surface area contributed by atoms with Crippen molar-refractivity contribution in [3.05, 3.63) is 57.1 Å². The van der Waals surface area contributed by atoms with E-state index in [1.165, 1.54) is 19.3 Å². The minimum absolute atomic E-state index is 0.0785. The average molecular weight is 500 g/mol. The van der Waals surface area contributed by atoms with Gasteiger partial charge in [-0.2, -0.15) is 5.06 Å². The summed E-state index contributed by atoms with van der Waals surface area (Å²) in [5.41, 5.74) is 1.45. The molecule has 1 aliphatic heterocycles. The molecule has 1 heterocycles. The predicted octanol–water partition coefficient (Wildman–Crippen LogP) is 2.55. The third-order valence-electron chi connectivity index (χ3n) is 6.86. The highest BCUT2D eigenvalue weighted by molar-refractivity contribution is 9.12. The number of fused-ring (bicyclic) bond motifs is 3. The van der Waals surface area contributed by atoms with Crippen molar-refractivity contribution in [2.24, 2.45) is 17.8 Å². The molecule has 2 amide bonds. The third-order valence-corrected chi connectivity index (χ3v) is 7.45. The van der Waals surface area contributed by atoms with Crippen molar-refractivity contribution >= 4 is 39.3 Å². The standard InChI is InChI=1S/C23H18BrNO7/c1-32-16-4-2-3-14(26)20(16)19-9-5-6-10-17(23(30)25(31)22(10)29)11(9)7-12-18(19)15(27)8-13(24)21(12)28/h2-5,8,10-11,17,19,26,31H,6-7H2,1H3. The molecule has 4 aliphatic rings. The highest BCUT2D eigenvalue weighted by Crippen LogP contribution is 2.57. The van der Waals surface area contributed by atoms with Gasteiger partial charge in [0.05, 0.1) is 23.4 Å². The van der Waals surface area contributed by atoms with Gasteiger partial charge in [0, 0.05) is 28.7 Å². The van der Waals surface area contributed by atoms with Gasteiger partial charge in [-0.05, 0) is 46.8 Å². The summed E-state index contributed by atoms with van der Waals surface area (Å²) in [7, 11) is 1.44. The van der Waals surface area contributed by atoms with Gasteiger partial charge in [-0.3, -0.25) is 24.4 Å². The van der Waals surface area contributed by atoms with Crippen molar-refractivity contribution in [1.82, 2.24) is 5.06 Å². The number of rotatable bonds is 2. The van der Waals surface area contributed by atoms with Gasteiger partial charge in [-0.1, -0.05) is 17.7 Å². The molecule has 0 radical (unpaired) electrons. The Hall–Kier alpha value is -3.04. The van der Waals surface area contributed by atoms with Gasteiger partial charge in [0.25, 0.3) is 11.8 Å². The van der Waals surface area contributed by atoms with Crippen molar-refractivity contribution in [1.29, 1.82) is 0 Å². The van der Waals surface area contributed by atoms with Crippen LogP contribution in [0.25, 0.3) is 0 Å². The Morgan fingerprint density at radius 2 is 1.88 bits per heavy atom. The van der Waals surface area contributed by atoms with Crippen LogP contribution >= 0.6 is 15.9 Å². The molecule has 2 N–H and O–H groups in total. The number of allylic oxidation sites excluding steroid dienone is 6. The summed E-state index contributed by atoms with van der Waals surface area (Å²) >= 11 is 3.15. The molecule has 0 bridgehead atoms. The number of phenolic OH excluding ortho intramolecular Hbond substituents is 1. The number of methoxy groups -OCH3 is 1. The Labute approximate surface area is 190 Å². The number of ether oxygens (including phenoxy) is 1. The summed E-state index contributed by atoms with van der Waals surface area (Å²) in [4.78, 5) is 51.3. The molecule has 1 aromatic carbocycles. The van der Waals surface area contributed by atoms with Crippen LogP contribution in [0.4, 0.5) is 0 Å². The maximum absolute atomic E-state index is 13.1. The molecule has 1 saturated heterocycles. The number of hydrogen-bond donors (Lipinski definition) is 2. The molecule has 1 fully saturated rings. The SMILES string of the molecule is COc1cccc(O)c1C1C2=CCC3C(=O)N(O)C(=O)C3C2CC2=C1C(=O)C=C(Br)C2=O. The molecule has 3 aliphatic carbocycles. The summed E-state index contributed by atoms with van der Waals surface area (Å²) in [6, 6.07) is 4.71. The lowest BCUT2D eigenvalue weighted by molar-refractivity contribution is -0.173. The third kappa shape index (κ3) is 2.70. The normalized spacial score (nSPS) is 29.4. The van der Waals surface area contributed by atoms with E-state index >= 15 is 0 Å². The molecule has 0 aromatic heterocycles. The summed E-state index contributed by atoms with van der Waals surface area (Å²) in [5, 5.41) is 20.9. The molecule has 0 saturated carbocycles. The smallest absolute Gasteiger partial charge is 0.257 e. The molecule has 4 atom stereocenters. The number of hydroxylamine groups is 2.